The van der Waals surface area contributed by atoms with Crippen LogP contribution in [0, 0.1) is 3.70 Å². The molecule has 2 aromatic rings. The van der Waals surface area contributed by atoms with E-state index in [4.69, 9.17) is 0 Å². The summed E-state index contributed by atoms with van der Waals surface area (Å²) in [5, 5.41) is 15.7. The normalized spacial score (nSPS) is 9.88. The molecule has 0 bridgehead atoms. The van der Waals surface area contributed by atoms with Crippen molar-refractivity contribution >= 4 is 70.4 Å². The molecule has 0 saturated heterocycles. The Labute approximate surface area is 131 Å². The molecule has 0 fully saturated rings. The average molecular weight is 529 g/mol. The molecule has 0 saturated carbocycles. The molecule has 2 rings (SSSR count). The maximum Gasteiger partial charge on any atom is 0.162 e. The topological polar surface area (TPSA) is 61.4 Å². The smallest absolute Gasteiger partial charge is 0.162 e. The first-order chi connectivity index (χ1) is 7.40. The van der Waals surface area contributed by atoms with Crippen molar-refractivity contribution in [3.05, 3.63) is 17.5 Å². The molecule has 6 nitrogen and oxygen atoms in total. The fourth-order valence-corrected chi connectivity index (χ4v) is 2.06. The van der Waals surface area contributed by atoms with Crippen LogP contribution in [-0.2, 0) is 14.1 Å². The summed E-state index contributed by atoms with van der Waals surface area (Å²) in [6, 6.07) is 0. The number of halogens is 4. The molecular weight excluding hydrogens is 523 g/mol. The lowest BCUT2D eigenvalue weighted by Crippen LogP contribution is -1.91. The fraction of sp³-hybridized carbons (Fsp3) is 0.333. The zero-order valence-corrected chi connectivity index (χ0v) is 15.1. The van der Waals surface area contributed by atoms with Crippen LogP contribution in [0.2, 0.25) is 0 Å². The van der Waals surface area contributed by atoms with Gasteiger partial charge in [-0.05, 0) is 70.4 Å². The van der Waals surface area contributed by atoms with Gasteiger partial charge in [0, 0.05) is 14.1 Å². The summed E-state index contributed by atoms with van der Waals surface area (Å²) in [6.07, 6.45) is 0. The van der Waals surface area contributed by atoms with E-state index in [9.17, 15) is 0 Å². The number of rotatable bonds is 0. The summed E-state index contributed by atoms with van der Waals surface area (Å²) in [4.78, 5) is 3.00. The summed E-state index contributed by atoms with van der Waals surface area (Å²) in [6.45, 7) is 0. The van der Waals surface area contributed by atoms with Crippen molar-refractivity contribution in [1.82, 2.24) is 30.0 Å². The maximum atomic E-state index is 3.96. The van der Waals surface area contributed by atoms with Gasteiger partial charge in [0.25, 0.3) is 0 Å². The van der Waals surface area contributed by atoms with Gasteiger partial charge in [0.2, 0.25) is 0 Å². The summed E-state index contributed by atoms with van der Waals surface area (Å²) < 4.78 is 3.17. The summed E-state index contributed by atoms with van der Waals surface area (Å²) in [5.74, 6) is 0. The van der Waals surface area contributed by atoms with E-state index < -0.39 is 0 Å². The molecule has 0 spiro atoms. The van der Waals surface area contributed by atoms with Gasteiger partial charge < -0.3 is 0 Å². The second kappa shape index (κ2) is 6.40. The van der Waals surface area contributed by atoms with Crippen molar-refractivity contribution in [1.29, 1.82) is 0 Å². The second-order valence-electron chi connectivity index (χ2n) is 2.54. The highest BCUT2D eigenvalue weighted by Crippen LogP contribution is 2.15. The van der Waals surface area contributed by atoms with Crippen molar-refractivity contribution in [2.75, 3.05) is 0 Å². The lowest BCUT2D eigenvalue weighted by Gasteiger charge is -1.76. The molecule has 88 valence electrons. The molecule has 0 atom stereocenters. The molecule has 0 amide bonds. The molecule has 16 heavy (non-hydrogen) atoms. The number of hydrogen-bond donors (Lipinski definition) is 0. The molecule has 0 aliphatic heterocycles. The predicted molar refractivity (Wildman–Crippen MR) is 77.8 cm³/mol. The zero-order chi connectivity index (χ0) is 12.3. The summed E-state index contributed by atoms with van der Waals surface area (Å²) >= 11 is 11.7. The van der Waals surface area contributed by atoms with Crippen LogP contribution in [-0.4, -0.2) is 30.0 Å². The van der Waals surface area contributed by atoms with Crippen LogP contribution in [0.25, 0.3) is 0 Å². The van der Waals surface area contributed by atoms with Crippen LogP contribution >= 0.6 is 70.4 Å². The van der Waals surface area contributed by atoms with Crippen LogP contribution in [0.15, 0.2) is 13.8 Å². The van der Waals surface area contributed by atoms with E-state index in [0.29, 0.717) is 0 Å². The Bertz CT molecular complexity index is 397. The molecule has 2 heterocycles. The van der Waals surface area contributed by atoms with Gasteiger partial charge >= 0.3 is 0 Å². The van der Waals surface area contributed by atoms with E-state index in [-0.39, 0.29) is 0 Å². The van der Waals surface area contributed by atoms with Gasteiger partial charge in [-0.3, -0.25) is 0 Å². The molecule has 0 radical (unpaired) electrons. The predicted octanol–water partition coefficient (Wildman–Crippen LogP) is 2.52. The van der Waals surface area contributed by atoms with Crippen LogP contribution in [0.5, 0.6) is 0 Å². The Kier molecular flexibility index (Phi) is 5.81. The third-order valence-electron chi connectivity index (χ3n) is 1.27. The largest absolute Gasteiger partial charge is 0.186 e. The second-order valence-corrected chi connectivity index (χ2v) is 5.82. The summed E-state index contributed by atoms with van der Waals surface area (Å²) in [5.41, 5.74) is 0. The van der Waals surface area contributed by atoms with Gasteiger partial charge in [-0.2, -0.15) is 9.59 Å². The van der Waals surface area contributed by atoms with Gasteiger partial charge in [0.1, 0.15) is 0 Å². The highest BCUT2D eigenvalue weighted by Gasteiger charge is 1.99. The van der Waals surface area contributed by atoms with E-state index in [2.05, 4.69) is 90.8 Å². The average Bonchev–Trinajstić information content (AvgIpc) is 2.58. The third kappa shape index (κ3) is 4.37. The fourth-order valence-electron chi connectivity index (χ4n) is 0.718. The van der Waals surface area contributed by atoms with Gasteiger partial charge in [0.05, 0.1) is 0 Å². The van der Waals surface area contributed by atoms with E-state index in [1.54, 1.807) is 14.1 Å². The first kappa shape index (κ1) is 14.5. The standard InChI is InChI=1S/C3H3Br2N3.C3H3BrIN3/c2*1-8-6-2(4)3(5)7-8/h2*1H3. The van der Waals surface area contributed by atoms with Crippen molar-refractivity contribution in [3.63, 3.8) is 0 Å². The highest BCUT2D eigenvalue weighted by atomic mass is 127. The monoisotopic (exact) mass is 526 g/mol. The molecule has 0 aliphatic carbocycles. The minimum atomic E-state index is 0.736. The van der Waals surface area contributed by atoms with E-state index >= 15 is 0 Å². The van der Waals surface area contributed by atoms with E-state index in [1.807, 2.05) is 0 Å². The van der Waals surface area contributed by atoms with Gasteiger partial charge in [-0.1, -0.05) is 0 Å². The van der Waals surface area contributed by atoms with E-state index in [1.165, 1.54) is 9.59 Å². The number of aryl methyl sites for hydroxylation is 2. The lowest BCUT2D eigenvalue weighted by atomic mass is 11.0. The first-order valence-electron chi connectivity index (χ1n) is 3.84. The minimum Gasteiger partial charge on any atom is -0.186 e. The van der Waals surface area contributed by atoms with Crippen molar-refractivity contribution in [3.8, 4) is 0 Å². The molecule has 0 aromatic carbocycles. The molecule has 10 heteroatoms. The van der Waals surface area contributed by atoms with Crippen LogP contribution < -0.4 is 0 Å². The van der Waals surface area contributed by atoms with Crippen LogP contribution in [0.4, 0.5) is 0 Å². The lowest BCUT2D eigenvalue weighted by molar-refractivity contribution is 0.647. The van der Waals surface area contributed by atoms with Crippen molar-refractivity contribution in [2.45, 2.75) is 0 Å². The van der Waals surface area contributed by atoms with Gasteiger partial charge in [0.15, 0.2) is 17.5 Å². The Hall–Kier alpha value is 0.450. The highest BCUT2D eigenvalue weighted by molar-refractivity contribution is 14.1. The molecular formula is C6H6Br3IN6. The first-order valence-corrected chi connectivity index (χ1v) is 7.30. The van der Waals surface area contributed by atoms with Crippen molar-refractivity contribution < 1.29 is 0 Å². The van der Waals surface area contributed by atoms with Crippen molar-refractivity contribution in [2.24, 2.45) is 14.1 Å². The number of aromatic nitrogens is 6. The van der Waals surface area contributed by atoms with E-state index in [0.717, 1.165) is 17.5 Å². The zero-order valence-electron chi connectivity index (χ0n) is 8.20. The van der Waals surface area contributed by atoms with Crippen LogP contribution in [0.1, 0.15) is 0 Å². The number of hydrogen-bond acceptors (Lipinski definition) is 4. The Morgan fingerprint density at radius 2 is 1.19 bits per heavy atom. The molecule has 0 aliphatic rings. The Morgan fingerprint density at radius 3 is 1.31 bits per heavy atom. The van der Waals surface area contributed by atoms with Crippen LogP contribution in [0.3, 0.4) is 0 Å². The quantitative estimate of drug-likeness (QED) is 0.493. The SMILES string of the molecule is Cn1nc(Br)c(Br)n1.Cn1nc(Br)c(I)n1. The maximum absolute atomic E-state index is 3.96. The Morgan fingerprint density at radius 1 is 0.812 bits per heavy atom. The molecule has 0 unspecified atom stereocenters. The number of nitrogens with zero attached hydrogens (tertiary/aromatic N) is 6. The molecule has 2 aromatic heterocycles. The Balaban J connectivity index is 0.000000160. The van der Waals surface area contributed by atoms with Gasteiger partial charge in [-0.25, -0.2) is 0 Å². The molecule has 0 N–H and O–H groups in total. The minimum absolute atomic E-state index is 0.736. The third-order valence-corrected chi connectivity index (χ3v) is 4.87. The summed E-state index contributed by atoms with van der Waals surface area (Å²) in [7, 11) is 3.54. The van der Waals surface area contributed by atoms with Gasteiger partial charge in [-0.15, -0.1) is 20.4 Å².